The van der Waals surface area contributed by atoms with E-state index in [1.807, 2.05) is 13.0 Å². The maximum Gasteiger partial charge on any atom is 0.228 e. The summed E-state index contributed by atoms with van der Waals surface area (Å²) in [6.07, 6.45) is 3.23. The molecule has 0 aliphatic heterocycles. The van der Waals surface area contributed by atoms with E-state index in [1.165, 1.54) is 25.0 Å². The summed E-state index contributed by atoms with van der Waals surface area (Å²) >= 11 is 0. The predicted molar refractivity (Wildman–Crippen MR) is 69.2 cm³/mol. The lowest BCUT2D eigenvalue weighted by atomic mass is 10.1. The van der Waals surface area contributed by atoms with Gasteiger partial charge in [0.1, 0.15) is 5.82 Å². The van der Waals surface area contributed by atoms with Crippen LogP contribution in [0.5, 0.6) is 0 Å². The standard InChI is InChI=1S/C14H16FN3O/c1-9-6-10(8-11(15)7-9)14-17-13(19-18-14)4-5-16-12-2-3-12/h6-8,12,16H,2-5H2,1H3. The van der Waals surface area contributed by atoms with E-state index in [4.69, 9.17) is 4.52 Å². The third kappa shape index (κ3) is 3.17. The Morgan fingerprint density at radius 2 is 2.21 bits per heavy atom. The van der Waals surface area contributed by atoms with E-state index in [1.54, 1.807) is 0 Å². The highest BCUT2D eigenvalue weighted by Gasteiger charge is 2.20. The van der Waals surface area contributed by atoms with Crippen LogP contribution in [0.25, 0.3) is 11.4 Å². The van der Waals surface area contributed by atoms with Gasteiger partial charge >= 0.3 is 0 Å². The van der Waals surface area contributed by atoms with Gasteiger partial charge in [0.25, 0.3) is 0 Å². The number of nitrogens with one attached hydrogen (secondary N) is 1. The molecule has 0 atom stereocenters. The van der Waals surface area contributed by atoms with Crippen LogP contribution in [-0.2, 0) is 6.42 Å². The van der Waals surface area contributed by atoms with Crippen LogP contribution in [0.4, 0.5) is 4.39 Å². The lowest BCUT2D eigenvalue weighted by molar-refractivity contribution is 0.376. The number of nitrogens with zero attached hydrogens (tertiary/aromatic N) is 2. The summed E-state index contributed by atoms with van der Waals surface area (Å²) in [4.78, 5) is 4.30. The molecule has 0 amide bonds. The van der Waals surface area contributed by atoms with Crippen molar-refractivity contribution in [3.63, 3.8) is 0 Å². The lowest BCUT2D eigenvalue weighted by Crippen LogP contribution is -2.19. The van der Waals surface area contributed by atoms with Crippen LogP contribution in [0.15, 0.2) is 22.7 Å². The zero-order valence-corrected chi connectivity index (χ0v) is 10.8. The van der Waals surface area contributed by atoms with Crippen LogP contribution in [0.1, 0.15) is 24.3 Å². The number of hydrogen-bond donors (Lipinski definition) is 1. The van der Waals surface area contributed by atoms with Crippen molar-refractivity contribution in [2.45, 2.75) is 32.2 Å². The second kappa shape index (κ2) is 5.09. The third-order valence-electron chi connectivity index (χ3n) is 3.12. The smallest absolute Gasteiger partial charge is 0.228 e. The first kappa shape index (κ1) is 12.3. The van der Waals surface area contributed by atoms with Gasteiger partial charge in [-0.25, -0.2) is 4.39 Å². The molecule has 5 heteroatoms. The van der Waals surface area contributed by atoms with E-state index in [2.05, 4.69) is 15.5 Å². The molecule has 1 N–H and O–H groups in total. The van der Waals surface area contributed by atoms with Gasteiger partial charge in [-0.05, 0) is 43.5 Å². The van der Waals surface area contributed by atoms with Crippen molar-refractivity contribution >= 4 is 0 Å². The molecule has 0 bridgehead atoms. The highest BCUT2D eigenvalue weighted by atomic mass is 19.1. The van der Waals surface area contributed by atoms with Gasteiger partial charge in [-0.3, -0.25) is 0 Å². The summed E-state index contributed by atoms with van der Waals surface area (Å²) in [6.45, 7) is 2.68. The number of hydrogen-bond acceptors (Lipinski definition) is 4. The minimum Gasteiger partial charge on any atom is -0.339 e. The zero-order valence-electron chi connectivity index (χ0n) is 10.8. The number of aromatic nitrogens is 2. The summed E-state index contributed by atoms with van der Waals surface area (Å²) in [5.74, 6) is 0.755. The number of rotatable bonds is 5. The van der Waals surface area contributed by atoms with Crippen LogP contribution >= 0.6 is 0 Å². The van der Waals surface area contributed by atoms with Gasteiger partial charge in [0.2, 0.25) is 11.7 Å². The van der Waals surface area contributed by atoms with E-state index in [0.29, 0.717) is 29.7 Å². The highest BCUT2D eigenvalue weighted by Crippen LogP contribution is 2.20. The summed E-state index contributed by atoms with van der Waals surface area (Å²) < 4.78 is 18.5. The van der Waals surface area contributed by atoms with E-state index >= 15 is 0 Å². The SMILES string of the molecule is Cc1cc(F)cc(-c2noc(CCNC3CC3)n2)c1. The Labute approximate surface area is 111 Å². The van der Waals surface area contributed by atoms with Gasteiger partial charge in [-0.15, -0.1) is 0 Å². The molecule has 1 fully saturated rings. The predicted octanol–water partition coefficient (Wildman–Crippen LogP) is 2.48. The third-order valence-corrected chi connectivity index (χ3v) is 3.12. The van der Waals surface area contributed by atoms with Gasteiger partial charge in [-0.2, -0.15) is 4.98 Å². The molecular weight excluding hydrogens is 245 g/mol. The largest absolute Gasteiger partial charge is 0.339 e. The molecule has 19 heavy (non-hydrogen) atoms. The van der Waals surface area contributed by atoms with Crippen molar-refractivity contribution in [3.05, 3.63) is 35.5 Å². The maximum absolute atomic E-state index is 13.3. The number of halogens is 1. The van der Waals surface area contributed by atoms with Gasteiger partial charge in [-0.1, -0.05) is 5.16 Å². The highest BCUT2D eigenvalue weighted by molar-refractivity contribution is 5.55. The second-order valence-electron chi connectivity index (χ2n) is 5.01. The summed E-state index contributed by atoms with van der Waals surface area (Å²) in [6, 6.07) is 5.42. The maximum atomic E-state index is 13.3. The van der Waals surface area contributed by atoms with Crippen LogP contribution in [0.2, 0.25) is 0 Å². The number of aryl methyl sites for hydroxylation is 1. The van der Waals surface area contributed by atoms with E-state index < -0.39 is 0 Å². The van der Waals surface area contributed by atoms with Crippen LogP contribution in [0, 0.1) is 12.7 Å². The van der Waals surface area contributed by atoms with Crippen LogP contribution in [-0.4, -0.2) is 22.7 Å². The van der Waals surface area contributed by atoms with E-state index in [-0.39, 0.29) is 5.82 Å². The molecule has 1 heterocycles. The Bertz CT molecular complexity index is 558. The van der Waals surface area contributed by atoms with Gasteiger partial charge in [0, 0.05) is 24.6 Å². The number of benzene rings is 1. The fraction of sp³-hybridized carbons (Fsp3) is 0.429. The molecule has 1 aromatic carbocycles. The van der Waals surface area contributed by atoms with E-state index in [0.717, 1.165) is 12.1 Å². The zero-order chi connectivity index (χ0) is 13.2. The Balaban J connectivity index is 1.68. The van der Waals surface area contributed by atoms with Gasteiger partial charge in [0.05, 0.1) is 0 Å². The van der Waals surface area contributed by atoms with Crippen molar-refractivity contribution in [1.29, 1.82) is 0 Å². The Hall–Kier alpha value is -1.75. The fourth-order valence-corrected chi connectivity index (χ4v) is 2.01. The molecule has 0 saturated heterocycles. The summed E-state index contributed by atoms with van der Waals surface area (Å²) in [5, 5.41) is 7.29. The van der Waals surface area contributed by atoms with Crippen molar-refractivity contribution in [2.24, 2.45) is 0 Å². The molecule has 1 aliphatic carbocycles. The van der Waals surface area contributed by atoms with Crippen molar-refractivity contribution in [1.82, 2.24) is 15.5 Å². The molecule has 3 rings (SSSR count). The van der Waals surface area contributed by atoms with Crippen LogP contribution in [0.3, 0.4) is 0 Å². The fourth-order valence-electron chi connectivity index (χ4n) is 2.01. The topological polar surface area (TPSA) is 51.0 Å². The molecule has 100 valence electrons. The molecule has 0 unspecified atom stereocenters. The second-order valence-corrected chi connectivity index (χ2v) is 5.01. The average Bonchev–Trinajstić information content (AvgIpc) is 3.04. The molecule has 1 saturated carbocycles. The summed E-state index contributed by atoms with van der Waals surface area (Å²) in [5.41, 5.74) is 1.50. The Morgan fingerprint density at radius 3 is 2.95 bits per heavy atom. The van der Waals surface area contributed by atoms with Gasteiger partial charge in [0.15, 0.2) is 0 Å². The van der Waals surface area contributed by atoms with Crippen LogP contribution < -0.4 is 5.32 Å². The quantitative estimate of drug-likeness (QED) is 0.898. The normalized spacial score (nSPS) is 14.8. The Morgan fingerprint density at radius 1 is 1.37 bits per heavy atom. The van der Waals surface area contributed by atoms with Gasteiger partial charge < -0.3 is 9.84 Å². The first-order valence-electron chi connectivity index (χ1n) is 6.54. The molecule has 2 aromatic rings. The average molecular weight is 261 g/mol. The monoisotopic (exact) mass is 261 g/mol. The first-order valence-corrected chi connectivity index (χ1v) is 6.54. The molecule has 0 spiro atoms. The molecular formula is C14H16FN3O. The van der Waals surface area contributed by atoms with Crippen molar-refractivity contribution in [2.75, 3.05) is 6.54 Å². The lowest BCUT2D eigenvalue weighted by Gasteiger charge is -1.98. The molecule has 4 nitrogen and oxygen atoms in total. The first-order chi connectivity index (χ1) is 9.20. The van der Waals surface area contributed by atoms with Crippen molar-refractivity contribution in [3.8, 4) is 11.4 Å². The molecule has 1 aliphatic rings. The Kier molecular flexibility index (Phi) is 3.29. The van der Waals surface area contributed by atoms with Crippen molar-refractivity contribution < 1.29 is 8.91 Å². The minimum atomic E-state index is -0.281. The minimum absolute atomic E-state index is 0.281. The summed E-state index contributed by atoms with van der Waals surface area (Å²) in [7, 11) is 0. The molecule has 0 radical (unpaired) electrons. The molecule has 1 aromatic heterocycles. The van der Waals surface area contributed by atoms with E-state index in [9.17, 15) is 4.39 Å².